The molecule has 1 rings (SSSR count). The Morgan fingerprint density at radius 3 is 1.88 bits per heavy atom. The lowest BCUT2D eigenvalue weighted by molar-refractivity contribution is -0.171. The van der Waals surface area contributed by atoms with E-state index in [2.05, 4.69) is 0 Å². The molecule has 1 saturated carbocycles. The van der Waals surface area contributed by atoms with Crippen molar-refractivity contribution in [3.63, 3.8) is 0 Å². The van der Waals surface area contributed by atoms with Crippen LogP contribution in [0.2, 0.25) is 0 Å². The highest BCUT2D eigenvalue weighted by Gasteiger charge is 2.49. The minimum Gasteiger partial charge on any atom is -0.468 e. The number of allylic oxidation sites excluding steroid dienone is 2. The monoisotopic (exact) mass is 226 g/mol. The van der Waals surface area contributed by atoms with E-state index in [1.165, 1.54) is 19.8 Å². The van der Waals surface area contributed by atoms with Crippen LogP contribution in [0.1, 0.15) is 32.6 Å². The Balaban J connectivity index is 2.91. The summed E-state index contributed by atoms with van der Waals surface area (Å²) >= 11 is 0. The van der Waals surface area contributed by atoms with Gasteiger partial charge in [-0.3, -0.25) is 9.59 Å². The topological polar surface area (TPSA) is 52.6 Å². The number of methoxy groups -OCH3 is 2. The van der Waals surface area contributed by atoms with Crippen molar-refractivity contribution in [3.05, 3.63) is 11.6 Å². The number of hydrogen-bond acceptors (Lipinski definition) is 4. The van der Waals surface area contributed by atoms with E-state index >= 15 is 0 Å². The second-order valence-electron chi connectivity index (χ2n) is 4.01. The molecule has 0 amide bonds. The van der Waals surface area contributed by atoms with Gasteiger partial charge in [-0.05, 0) is 32.6 Å². The summed E-state index contributed by atoms with van der Waals surface area (Å²) < 4.78 is 9.45. The van der Waals surface area contributed by atoms with Crippen LogP contribution in [0.5, 0.6) is 0 Å². The van der Waals surface area contributed by atoms with Gasteiger partial charge in [0, 0.05) is 0 Å². The van der Waals surface area contributed by atoms with Gasteiger partial charge < -0.3 is 9.47 Å². The van der Waals surface area contributed by atoms with E-state index in [9.17, 15) is 9.59 Å². The molecule has 0 unspecified atom stereocenters. The number of rotatable bonds is 2. The fourth-order valence-electron chi connectivity index (χ4n) is 2.17. The zero-order chi connectivity index (χ0) is 12.2. The molecule has 0 aromatic carbocycles. The molecule has 0 atom stereocenters. The van der Waals surface area contributed by atoms with Crippen LogP contribution in [0.15, 0.2) is 11.6 Å². The molecule has 0 saturated heterocycles. The predicted octanol–water partition coefficient (Wildman–Crippen LogP) is 1.84. The molecule has 0 radical (unpaired) electrons. The first-order valence-corrected chi connectivity index (χ1v) is 5.41. The predicted molar refractivity (Wildman–Crippen MR) is 58.7 cm³/mol. The van der Waals surface area contributed by atoms with Gasteiger partial charge in [0.2, 0.25) is 0 Å². The van der Waals surface area contributed by atoms with Crippen molar-refractivity contribution in [2.75, 3.05) is 14.2 Å². The Morgan fingerprint density at radius 1 is 1.12 bits per heavy atom. The SMILES string of the molecule is CC=C1CCC(C(=O)OC)(C(=O)OC)CC1. The summed E-state index contributed by atoms with van der Waals surface area (Å²) in [5.74, 6) is -0.955. The van der Waals surface area contributed by atoms with Gasteiger partial charge in [0.15, 0.2) is 5.41 Å². The fraction of sp³-hybridized carbons (Fsp3) is 0.667. The Kier molecular flexibility index (Phi) is 4.10. The normalized spacial score (nSPS) is 18.8. The largest absolute Gasteiger partial charge is 0.468 e. The Morgan fingerprint density at radius 2 is 1.56 bits per heavy atom. The fourth-order valence-corrected chi connectivity index (χ4v) is 2.17. The number of carbonyl (C=O) groups excluding carboxylic acids is 2. The lowest BCUT2D eigenvalue weighted by atomic mass is 9.72. The smallest absolute Gasteiger partial charge is 0.323 e. The van der Waals surface area contributed by atoms with Crippen molar-refractivity contribution in [3.8, 4) is 0 Å². The molecule has 16 heavy (non-hydrogen) atoms. The molecular weight excluding hydrogens is 208 g/mol. The number of carbonyl (C=O) groups is 2. The zero-order valence-corrected chi connectivity index (χ0v) is 10.0. The summed E-state index contributed by atoms with van der Waals surface area (Å²) in [6.45, 7) is 1.97. The second-order valence-corrected chi connectivity index (χ2v) is 4.01. The number of hydrogen-bond donors (Lipinski definition) is 0. The molecule has 0 aliphatic heterocycles. The molecule has 0 heterocycles. The summed E-state index contributed by atoms with van der Waals surface area (Å²) in [4.78, 5) is 23.5. The Bertz CT molecular complexity index is 289. The first kappa shape index (κ1) is 12.7. The third-order valence-electron chi connectivity index (χ3n) is 3.31. The van der Waals surface area contributed by atoms with Gasteiger partial charge in [0.05, 0.1) is 14.2 Å². The van der Waals surface area contributed by atoms with E-state index in [0.717, 1.165) is 12.8 Å². The van der Waals surface area contributed by atoms with Crippen LogP contribution in [-0.2, 0) is 19.1 Å². The van der Waals surface area contributed by atoms with Gasteiger partial charge >= 0.3 is 11.9 Å². The third kappa shape index (κ3) is 2.10. The summed E-state index contributed by atoms with van der Waals surface area (Å²) in [6, 6.07) is 0. The Hall–Kier alpha value is -1.32. The van der Waals surface area contributed by atoms with E-state index < -0.39 is 17.4 Å². The molecule has 1 aliphatic carbocycles. The number of esters is 2. The molecule has 0 spiro atoms. The highest BCUT2D eigenvalue weighted by molar-refractivity contribution is 6.00. The van der Waals surface area contributed by atoms with Gasteiger partial charge in [0.25, 0.3) is 0 Å². The third-order valence-corrected chi connectivity index (χ3v) is 3.31. The average molecular weight is 226 g/mol. The first-order valence-electron chi connectivity index (χ1n) is 5.41. The van der Waals surface area contributed by atoms with E-state index in [1.807, 2.05) is 13.0 Å². The van der Waals surface area contributed by atoms with Crippen molar-refractivity contribution in [1.82, 2.24) is 0 Å². The maximum atomic E-state index is 11.7. The highest BCUT2D eigenvalue weighted by atomic mass is 16.5. The van der Waals surface area contributed by atoms with Crippen LogP contribution in [0.4, 0.5) is 0 Å². The number of ether oxygens (including phenoxy) is 2. The van der Waals surface area contributed by atoms with Gasteiger partial charge in [0.1, 0.15) is 0 Å². The summed E-state index contributed by atoms with van der Waals surface area (Å²) in [6.07, 6.45) is 4.50. The van der Waals surface area contributed by atoms with Crippen LogP contribution in [0.25, 0.3) is 0 Å². The molecule has 4 nitrogen and oxygen atoms in total. The maximum absolute atomic E-state index is 11.7. The molecule has 0 aromatic rings. The van der Waals surface area contributed by atoms with Crippen LogP contribution in [-0.4, -0.2) is 26.2 Å². The second kappa shape index (κ2) is 5.14. The van der Waals surface area contributed by atoms with E-state index in [4.69, 9.17) is 9.47 Å². The van der Waals surface area contributed by atoms with Gasteiger partial charge in [-0.15, -0.1) is 0 Å². The van der Waals surface area contributed by atoms with Crippen molar-refractivity contribution in [2.24, 2.45) is 5.41 Å². The summed E-state index contributed by atoms with van der Waals surface area (Å²) in [5.41, 5.74) is 0.194. The summed E-state index contributed by atoms with van der Waals surface area (Å²) in [7, 11) is 2.61. The van der Waals surface area contributed by atoms with Crippen LogP contribution < -0.4 is 0 Å². The van der Waals surface area contributed by atoms with Gasteiger partial charge in [-0.25, -0.2) is 0 Å². The van der Waals surface area contributed by atoms with Crippen LogP contribution >= 0.6 is 0 Å². The molecule has 0 bridgehead atoms. The Labute approximate surface area is 95.6 Å². The quantitative estimate of drug-likeness (QED) is 0.409. The summed E-state index contributed by atoms with van der Waals surface area (Å²) in [5, 5.41) is 0. The average Bonchev–Trinajstić information content (AvgIpc) is 2.36. The maximum Gasteiger partial charge on any atom is 0.323 e. The molecule has 4 heteroatoms. The molecule has 1 fully saturated rings. The molecular formula is C12H18O4. The minimum absolute atomic E-state index is 0.477. The van der Waals surface area contributed by atoms with Crippen LogP contribution in [0, 0.1) is 5.41 Å². The van der Waals surface area contributed by atoms with Gasteiger partial charge in [-0.1, -0.05) is 11.6 Å². The molecule has 90 valence electrons. The van der Waals surface area contributed by atoms with Gasteiger partial charge in [-0.2, -0.15) is 0 Å². The van der Waals surface area contributed by atoms with E-state index in [-0.39, 0.29) is 0 Å². The minimum atomic E-state index is -1.09. The van der Waals surface area contributed by atoms with Crippen LogP contribution in [0.3, 0.4) is 0 Å². The lowest BCUT2D eigenvalue weighted by Crippen LogP contribution is -2.43. The lowest BCUT2D eigenvalue weighted by Gasteiger charge is -2.32. The zero-order valence-electron chi connectivity index (χ0n) is 10.0. The molecule has 0 aromatic heterocycles. The van der Waals surface area contributed by atoms with Crippen molar-refractivity contribution < 1.29 is 19.1 Å². The highest BCUT2D eigenvalue weighted by Crippen LogP contribution is 2.40. The van der Waals surface area contributed by atoms with Crippen molar-refractivity contribution in [2.45, 2.75) is 32.6 Å². The molecule has 1 aliphatic rings. The van der Waals surface area contributed by atoms with Crippen molar-refractivity contribution in [1.29, 1.82) is 0 Å². The van der Waals surface area contributed by atoms with Crippen molar-refractivity contribution >= 4 is 11.9 Å². The molecule has 0 N–H and O–H groups in total. The van der Waals surface area contributed by atoms with E-state index in [1.54, 1.807) is 0 Å². The van der Waals surface area contributed by atoms with E-state index in [0.29, 0.717) is 12.8 Å². The first-order chi connectivity index (χ1) is 7.60. The standard InChI is InChI=1S/C12H18O4/c1-4-9-5-7-12(8-6-9,10(13)15-2)11(14)16-3/h4H,5-8H2,1-3H3.